The van der Waals surface area contributed by atoms with Crippen LogP contribution in [0.3, 0.4) is 0 Å². The third-order valence-electron chi connectivity index (χ3n) is 2.35. The van der Waals surface area contributed by atoms with Gasteiger partial charge < -0.3 is 5.11 Å². The number of carboxylic acid groups (broad SMARTS) is 1. The molecule has 0 saturated carbocycles. The van der Waals surface area contributed by atoms with Gasteiger partial charge in [0.15, 0.2) is 4.96 Å². The lowest BCUT2D eigenvalue weighted by molar-refractivity contribution is -0.136. The van der Waals surface area contributed by atoms with E-state index in [2.05, 4.69) is 4.98 Å². The van der Waals surface area contributed by atoms with Crippen molar-refractivity contribution in [2.24, 2.45) is 0 Å². The van der Waals surface area contributed by atoms with E-state index in [1.165, 1.54) is 22.7 Å². The third-order valence-corrected chi connectivity index (χ3v) is 4.61. The molecule has 7 heteroatoms. The molecule has 0 saturated heterocycles. The van der Waals surface area contributed by atoms with Crippen molar-refractivity contribution in [1.82, 2.24) is 9.38 Å². The van der Waals surface area contributed by atoms with Crippen LogP contribution in [0.2, 0.25) is 4.34 Å². The second-order valence-corrected chi connectivity index (χ2v) is 6.50. The summed E-state index contributed by atoms with van der Waals surface area (Å²) in [7, 11) is 0. The molecule has 0 aliphatic carbocycles. The van der Waals surface area contributed by atoms with Crippen LogP contribution in [0.4, 0.5) is 0 Å². The van der Waals surface area contributed by atoms with Crippen LogP contribution in [-0.4, -0.2) is 20.5 Å². The number of thiophene rings is 1. The molecule has 0 aromatic carbocycles. The summed E-state index contributed by atoms with van der Waals surface area (Å²) in [6.07, 6.45) is 3.73. The second kappa shape index (κ2) is 4.38. The molecule has 0 amide bonds. The first-order valence-corrected chi connectivity index (χ1v) is 7.08. The van der Waals surface area contributed by atoms with Crippen LogP contribution in [-0.2, 0) is 11.2 Å². The van der Waals surface area contributed by atoms with Crippen molar-refractivity contribution in [3.05, 3.63) is 33.7 Å². The fourth-order valence-electron chi connectivity index (χ4n) is 1.64. The van der Waals surface area contributed by atoms with Crippen molar-refractivity contribution in [1.29, 1.82) is 0 Å². The van der Waals surface area contributed by atoms with Gasteiger partial charge in [-0.25, -0.2) is 4.98 Å². The molecule has 1 N–H and O–H groups in total. The monoisotopic (exact) mass is 298 g/mol. The van der Waals surface area contributed by atoms with Crippen molar-refractivity contribution in [2.75, 3.05) is 0 Å². The summed E-state index contributed by atoms with van der Waals surface area (Å²) in [6, 6.07) is 3.77. The van der Waals surface area contributed by atoms with Crippen molar-refractivity contribution in [3.8, 4) is 10.6 Å². The summed E-state index contributed by atoms with van der Waals surface area (Å²) in [4.78, 5) is 17.7. The van der Waals surface area contributed by atoms with E-state index >= 15 is 0 Å². The van der Waals surface area contributed by atoms with Crippen LogP contribution < -0.4 is 0 Å². The summed E-state index contributed by atoms with van der Waals surface area (Å²) in [5, 5.41) is 8.73. The fraction of sp³-hybridized carbons (Fsp3) is 0.0909. The first-order chi connectivity index (χ1) is 8.61. The fourth-order valence-corrected chi connectivity index (χ4v) is 3.59. The first kappa shape index (κ1) is 11.7. The van der Waals surface area contributed by atoms with Crippen LogP contribution in [0.5, 0.6) is 0 Å². The molecule has 0 aliphatic heterocycles. The van der Waals surface area contributed by atoms with Crippen molar-refractivity contribution >= 4 is 45.2 Å². The molecule has 3 aromatic rings. The third kappa shape index (κ3) is 2.14. The van der Waals surface area contributed by atoms with E-state index in [1.807, 2.05) is 22.7 Å². The number of imidazole rings is 1. The lowest BCUT2D eigenvalue weighted by Crippen LogP contribution is -1.97. The standard InChI is InChI=1S/C11H7ClN2O2S2/c12-9-2-1-8(18-9)7-5-14-4-6(3-10(15)16)17-11(14)13-7/h1-2,4-5H,3H2,(H,15,16). The zero-order chi connectivity index (χ0) is 12.7. The number of aliphatic carboxylic acids is 1. The molecular weight excluding hydrogens is 292 g/mol. The maximum absolute atomic E-state index is 10.6. The van der Waals surface area contributed by atoms with Gasteiger partial charge in [0.05, 0.1) is 15.6 Å². The number of thiazole rings is 1. The molecule has 0 atom stereocenters. The number of nitrogens with zero attached hydrogens (tertiary/aromatic N) is 2. The molecule has 3 heterocycles. The van der Waals surface area contributed by atoms with E-state index in [9.17, 15) is 4.79 Å². The maximum atomic E-state index is 10.6. The highest BCUT2D eigenvalue weighted by atomic mass is 35.5. The highest BCUT2D eigenvalue weighted by Gasteiger charge is 2.11. The van der Waals surface area contributed by atoms with Crippen LogP contribution in [0.25, 0.3) is 15.5 Å². The first-order valence-electron chi connectivity index (χ1n) is 5.07. The van der Waals surface area contributed by atoms with Gasteiger partial charge in [0.2, 0.25) is 0 Å². The number of fused-ring (bicyclic) bond motifs is 1. The Kier molecular flexibility index (Phi) is 2.85. The number of aromatic nitrogens is 2. The Morgan fingerprint density at radius 2 is 2.22 bits per heavy atom. The van der Waals surface area contributed by atoms with Crippen molar-refractivity contribution in [2.45, 2.75) is 6.42 Å². The van der Waals surface area contributed by atoms with E-state index in [1.54, 1.807) is 6.20 Å². The number of rotatable bonds is 3. The Labute approximate surface area is 115 Å². The largest absolute Gasteiger partial charge is 0.481 e. The van der Waals surface area contributed by atoms with Crippen molar-refractivity contribution in [3.63, 3.8) is 0 Å². The average molecular weight is 299 g/mol. The van der Waals surface area contributed by atoms with Gasteiger partial charge in [-0.2, -0.15) is 0 Å². The van der Waals surface area contributed by atoms with E-state index in [0.29, 0.717) is 0 Å². The SMILES string of the molecule is O=C(O)Cc1cn2cc(-c3ccc(Cl)s3)nc2s1. The molecule has 0 bridgehead atoms. The summed E-state index contributed by atoms with van der Waals surface area (Å²) in [5.74, 6) is -0.829. The van der Waals surface area contributed by atoms with Gasteiger partial charge in [-0.3, -0.25) is 9.20 Å². The predicted molar refractivity (Wildman–Crippen MR) is 72.7 cm³/mol. The van der Waals surface area contributed by atoms with Crippen LogP contribution in [0, 0.1) is 0 Å². The van der Waals surface area contributed by atoms with Gasteiger partial charge in [0, 0.05) is 17.3 Å². The van der Waals surface area contributed by atoms with E-state index in [4.69, 9.17) is 16.7 Å². The molecule has 0 unspecified atom stereocenters. The molecule has 3 aromatic heterocycles. The van der Waals surface area contributed by atoms with Crippen LogP contribution in [0.15, 0.2) is 24.5 Å². The summed E-state index contributed by atoms with van der Waals surface area (Å²) >= 11 is 8.75. The van der Waals surface area contributed by atoms with E-state index in [-0.39, 0.29) is 6.42 Å². The lowest BCUT2D eigenvalue weighted by atomic mass is 10.4. The average Bonchev–Trinajstić information content (AvgIpc) is 2.90. The summed E-state index contributed by atoms with van der Waals surface area (Å²) in [6.45, 7) is 0. The highest BCUT2D eigenvalue weighted by Crippen LogP contribution is 2.31. The number of halogens is 1. The minimum Gasteiger partial charge on any atom is -0.481 e. The zero-order valence-corrected chi connectivity index (χ0v) is 11.3. The minimum atomic E-state index is -0.829. The van der Waals surface area contributed by atoms with Gasteiger partial charge in [-0.1, -0.05) is 11.6 Å². The van der Waals surface area contributed by atoms with Gasteiger partial charge >= 0.3 is 5.97 Å². The quantitative estimate of drug-likeness (QED) is 0.806. The van der Waals surface area contributed by atoms with E-state index < -0.39 is 5.97 Å². The molecule has 3 rings (SSSR count). The molecule has 92 valence electrons. The van der Waals surface area contributed by atoms with E-state index in [0.717, 1.165) is 24.7 Å². The summed E-state index contributed by atoms with van der Waals surface area (Å²) in [5.41, 5.74) is 0.861. The Morgan fingerprint density at radius 3 is 2.83 bits per heavy atom. The highest BCUT2D eigenvalue weighted by molar-refractivity contribution is 7.19. The molecule has 4 nitrogen and oxygen atoms in total. The zero-order valence-electron chi connectivity index (χ0n) is 8.96. The van der Waals surface area contributed by atoms with Gasteiger partial charge in [0.1, 0.15) is 5.69 Å². The number of carbonyl (C=O) groups is 1. The molecule has 0 radical (unpaired) electrons. The normalized spacial score (nSPS) is 11.2. The molecule has 0 aliphatic rings. The molecule has 0 spiro atoms. The second-order valence-electron chi connectivity index (χ2n) is 3.69. The summed E-state index contributed by atoms with van der Waals surface area (Å²) < 4.78 is 2.58. The van der Waals surface area contributed by atoms with Crippen LogP contribution in [0.1, 0.15) is 4.88 Å². The Bertz CT molecular complexity index is 697. The Hall–Kier alpha value is -1.37. The number of hydrogen-bond donors (Lipinski definition) is 1. The topological polar surface area (TPSA) is 54.6 Å². The number of carboxylic acids is 1. The Morgan fingerprint density at radius 1 is 1.39 bits per heavy atom. The molecule has 0 fully saturated rings. The smallest absolute Gasteiger partial charge is 0.308 e. The molecular formula is C11H7ClN2O2S2. The maximum Gasteiger partial charge on any atom is 0.308 e. The minimum absolute atomic E-state index is 0.0359. The Balaban J connectivity index is 1.98. The van der Waals surface area contributed by atoms with Gasteiger partial charge in [-0.15, -0.1) is 22.7 Å². The molecule has 18 heavy (non-hydrogen) atoms. The van der Waals surface area contributed by atoms with Gasteiger partial charge in [0.25, 0.3) is 0 Å². The van der Waals surface area contributed by atoms with Crippen LogP contribution >= 0.6 is 34.3 Å². The van der Waals surface area contributed by atoms with Crippen molar-refractivity contribution < 1.29 is 9.90 Å². The van der Waals surface area contributed by atoms with Gasteiger partial charge in [-0.05, 0) is 12.1 Å². The number of hydrogen-bond acceptors (Lipinski definition) is 4. The lowest BCUT2D eigenvalue weighted by Gasteiger charge is -1.88. The predicted octanol–water partition coefficient (Wildman–Crippen LogP) is 3.40.